The van der Waals surface area contributed by atoms with Crippen LogP contribution in [0.2, 0.25) is 0 Å². The molecule has 0 fully saturated rings. The Morgan fingerprint density at radius 3 is 1.82 bits per heavy atom. The molecule has 0 heterocycles. The highest BCUT2D eigenvalue weighted by Gasteiger charge is 2.24. The van der Waals surface area contributed by atoms with Gasteiger partial charge in [0, 0.05) is 0 Å². The van der Waals surface area contributed by atoms with Crippen molar-refractivity contribution >= 4 is 0 Å². The van der Waals surface area contributed by atoms with Gasteiger partial charge in [-0.05, 0) is 42.1 Å². The van der Waals surface area contributed by atoms with Gasteiger partial charge in [-0.3, -0.25) is 0 Å². The summed E-state index contributed by atoms with van der Waals surface area (Å²) < 4.78 is 0. The highest BCUT2D eigenvalue weighted by atomic mass is 14.3. The lowest BCUT2D eigenvalue weighted by molar-refractivity contribution is 0.194. The fourth-order valence-corrected chi connectivity index (χ4v) is 3.81. The summed E-state index contributed by atoms with van der Waals surface area (Å²) in [5.74, 6) is 0. The van der Waals surface area contributed by atoms with Crippen molar-refractivity contribution in [3.05, 3.63) is 35.9 Å². The maximum Gasteiger partial charge on any atom is -0.0279 e. The molecular formula is C22H38. The molecule has 0 radical (unpaired) electrons. The van der Waals surface area contributed by atoms with Gasteiger partial charge in [-0.15, -0.1) is 0 Å². The minimum absolute atomic E-state index is 0.459. The Bertz CT molecular complexity index is 380. The predicted molar refractivity (Wildman–Crippen MR) is 100 cm³/mol. The largest absolute Gasteiger partial charge is 0.0622 e. The zero-order chi connectivity index (χ0) is 16.5. The van der Waals surface area contributed by atoms with E-state index in [9.17, 15) is 0 Å². The summed E-state index contributed by atoms with van der Waals surface area (Å²) in [6.45, 7) is 12.0. The van der Waals surface area contributed by atoms with Crippen molar-refractivity contribution in [2.45, 2.75) is 92.4 Å². The molecule has 0 aliphatic carbocycles. The molecule has 0 aliphatic heterocycles. The van der Waals surface area contributed by atoms with E-state index in [0.29, 0.717) is 10.8 Å². The lowest BCUT2D eigenvalue weighted by Crippen LogP contribution is -2.20. The van der Waals surface area contributed by atoms with Gasteiger partial charge in [0.05, 0.1) is 0 Å². The Balaban J connectivity index is 1.99. The molecule has 0 N–H and O–H groups in total. The molecule has 0 spiro atoms. The Kier molecular flexibility index (Phi) is 8.21. The monoisotopic (exact) mass is 302 g/mol. The van der Waals surface area contributed by atoms with Gasteiger partial charge in [-0.2, -0.15) is 0 Å². The van der Waals surface area contributed by atoms with Gasteiger partial charge in [0.2, 0.25) is 0 Å². The Labute approximate surface area is 139 Å². The molecule has 0 heteroatoms. The van der Waals surface area contributed by atoms with Gasteiger partial charge in [0.25, 0.3) is 0 Å². The number of hydrogen-bond acceptors (Lipinski definition) is 0. The maximum atomic E-state index is 2.44. The third-order valence-electron chi connectivity index (χ3n) is 4.42. The smallest absolute Gasteiger partial charge is 0.0279 e. The van der Waals surface area contributed by atoms with Gasteiger partial charge in [0.15, 0.2) is 0 Å². The molecule has 0 nitrogen and oxygen atoms in total. The lowest BCUT2D eigenvalue weighted by Gasteiger charge is -2.32. The van der Waals surface area contributed by atoms with E-state index in [0.717, 1.165) is 0 Å². The second-order valence-electron chi connectivity index (χ2n) is 9.01. The fraction of sp³-hybridized carbons (Fsp3) is 0.727. The van der Waals surface area contributed by atoms with Crippen LogP contribution < -0.4 is 0 Å². The first kappa shape index (κ1) is 19.3. The zero-order valence-electron chi connectivity index (χ0n) is 15.8. The number of hydrogen-bond donors (Lipinski definition) is 0. The van der Waals surface area contributed by atoms with Crippen molar-refractivity contribution in [1.29, 1.82) is 0 Å². The van der Waals surface area contributed by atoms with E-state index in [2.05, 4.69) is 65.0 Å². The first-order valence-electron chi connectivity index (χ1n) is 9.32. The van der Waals surface area contributed by atoms with Gasteiger partial charge < -0.3 is 0 Å². The number of aryl methyl sites for hydroxylation is 1. The SMILES string of the molecule is CC(C)(C)CC(C)(C)CCCCCCCCc1ccccc1. The van der Waals surface area contributed by atoms with Crippen LogP contribution in [0.1, 0.15) is 91.5 Å². The first-order valence-corrected chi connectivity index (χ1v) is 9.32. The second kappa shape index (κ2) is 9.38. The van der Waals surface area contributed by atoms with Crippen molar-refractivity contribution in [2.24, 2.45) is 10.8 Å². The molecule has 0 atom stereocenters. The van der Waals surface area contributed by atoms with Crippen molar-refractivity contribution < 1.29 is 0 Å². The molecular weight excluding hydrogens is 264 g/mol. The molecule has 0 aromatic heterocycles. The Hall–Kier alpha value is -0.780. The average molecular weight is 303 g/mol. The van der Waals surface area contributed by atoms with Crippen LogP contribution in [0, 0.1) is 10.8 Å². The van der Waals surface area contributed by atoms with Crippen LogP contribution in [-0.4, -0.2) is 0 Å². The summed E-state index contributed by atoms with van der Waals surface area (Å²) in [4.78, 5) is 0. The molecule has 0 saturated carbocycles. The molecule has 0 bridgehead atoms. The second-order valence-corrected chi connectivity index (χ2v) is 9.01. The van der Waals surface area contributed by atoms with E-state index < -0.39 is 0 Å². The van der Waals surface area contributed by atoms with Crippen molar-refractivity contribution in [2.75, 3.05) is 0 Å². The van der Waals surface area contributed by atoms with E-state index in [1.807, 2.05) is 0 Å². The van der Waals surface area contributed by atoms with Crippen LogP contribution in [0.15, 0.2) is 30.3 Å². The van der Waals surface area contributed by atoms with E-state index in [1.165, 1.54) is 63.4 Å². The quantitative estimate of drug-likeness (QED) is 0.394. The summed E-state index contributed by atoms with van der Waals surface area (Å²) in [5.41, 5.74) is 2.46. The van der Waals surface area contributed by atoms with Crippen LogP contribution >= 0.6 is 0 Å². The Morgan fingerprint density at radius 1 is 0.682 bits per heavy atom. The first-order chi connectivity index (χ1) is 10.3. The highest BCUT2D eigenvalue weighted by molar-refractivity contribution is 5.14. The van der Waals surface area contributed by atoms with Crippen molar-refractivity contribution in [3.63, 3.8) is 0 Å². The van der Waals surface area contributed by atoms with Crippen molar-refractivity contribution in [1.82, 2.24) is 0 Å². The van der Waals surface area contributed by atoms with Crippen LogP contribution in [-0.2, 0) is 6.42 Å². The molecule has 0 aliphatic rings. The van der Waals surface area contributed by atoms with Crippen LogP contribution in [0.3, 0.4) is 0 Å². The number of unbranched alkanes of at least 4 members (excludes halogenated alkanes) is 5. The van der Waals surface area contributed by atoms with Gasteiger partial charge in [-0.25, -0.2) is 0 Å². The van der Waals surface area contributed by atoms with E-state index in [-0.39, 0.29) is 0 Å². The minimum atomic E-state index is 0.459. The number of rotatable bonds is 10. The predicted octanol–water partition coefficient (Wildman–Crippen LogP) is 7.42. The van der Waals surface area contributed by atoms with Crippen LogP contribution in [0.4, 0.5) is 0 Å². The van der Waals surface area contributed by atoms with E-state index in [1.54, 1.807) is 0 Å². The third-order valence-corrected chi connectivity index (χ3v) is 4.42. The van der Waals surface area contributed by atoms with Crippen LogP contribution in [0.5, 0.6) is 0 Å². The topological polar surface area (TPSA) is 0 Å². The van der Waals surface area contributed by atoms with Gasteiger partial charge in [0.1, 0.15) is 0 Å². The lowest BCUT2D eigenvalue weighted by atomic mass is 9.73. The minimum Gasteiger partial charge on any atom is -0.0622 e. The highest BCUT2D eigenvalue weighted by Crippen LogP contribution is 2.37. The van der Waals surface area contributed by atoms with Crippen molar-refractivity contribution in [3.8, 4) is 0 Å². The Morgan fingerprint density at radius 2 is 1.23 bits per heavy atom. The molecule has 126 valence electrons. The molecule has 1 aromatic carbocycles. The normalized spacial score (nSPS) is 12.6. The molecule has 1 aromatic rings. The summed E-state index contributed by atoms with van der Waals surface area (Å²) in [6, 6.07) is 10.9. The standard InChI is InChI=1S/C22H38/c1-21(2,3)19-22(4,5)18-14-9-7-6-8-11-15-20-16-12-10-13-17-20/h10,12-13,16-17H,6-9,11,14-15,18-19H2,1-5H3. The molecule has 0 amide bonds. The van der Waals surface area contributed by atoms with Crippen LogP contribution in [0.25, 0.3) is 0 Å². The molecule has 22 heavy (non-hydrogen) atoms. The fourth-order valence-electron chi connectivity index (χ4n) is 3.81. The molecule has 1 rings (SSSR count). The molecule has 0 unspecified atom stereocenters. The molecule has 0 saturated heterocycles. The summed E-state index contributed by atoms with van der Waals surface area (Å²) in [5, 5.41) is 0. The van der Waals surface area contributed by atoms with Gasteiger partial charge >= 0.3 is 0 Å². The number of benzene rings is 1. The van der Waals surface area contributed by atoms with E-state index >= 15 is 0 Å². The van der Waals surface area contributed by atoms with Gasteiger partial charge in [-0.1, -0.05) is 97.1 Å². The summed E-state index contributed by atoms with van der Waals surface area (Å²) in [7, 11) is 0. The average Bonchev–Trinajstić information content (AvgIpc) is 2.40. The van der Waals surface area contributed by atoms with E-state index in [4.69, 9.17) is 0 Å². The zero-order valence-corrected chi connectivity index (χ0v) is 15.8. The third kappa shape index (κ3) is 10.0. The summed E-state index contributed by atoms with van der Waals surface area (Å²) in [6.07, 6.45) is 12.3. The maximum absolute atomic E-state index is 2.44. The summed E-state index contributed by atoms with van der Waals surface area (Å²) >= 11 is 0.